The van der Waals surface area contributed by atoms with Gasteiger partial charge >= 0.3 is 0 Å². The Morgan fingerprint density at radius 3 is 2.86 bits per heavy atom. The molecular formula is C24H32N2O2. The summed E-state index contributed by atoms with van der Waals surface area (Å²) in [6, 6.07) is 4.07. The Morgan fingerprint density at radius 1 is 1.39 bits per heavy atom. The van der Waals surface area contributed by atoms with Crippen LogP contribution in [0.2, 0.25) is 0 Å². The van der Waals surface area contributed by atoms with Gasteiger partial charge in [-0.05, 0) is 56.7 Å². The fourth-order valence-corrected chi connectivity index (χ4v) is 4.26. The van der Waals surface area contributed by atoms with Gasteiger partial charge in [-0.2, -0.15) is 5.10 Å². The number of aromatic nitrogens is 2. The molecule has 1 heterocycles. The van der Waals surface area contributed by atoms with E-state index in [1.807, 2.05) is 17.8 Å². The molecule has 1 aromatic heterocycles. The van der Waals surface area contributed by atoms with E-state index in [0.717, 1.165) is 73.1 Å². The monoisotopic (exact) mass is 380 g/mol. The molecule has 1 N–H and O–H groups in total. The summed E-state index contributed by atoms with van der Waals surface area (Å²) in [7, 11) is 1.92. The lowest BCUT2D eigenvalue weighted by atomic mass is 9.82. The van der Waals surface area contributed by atoms with E-state index < -0.39 is 0 Å². The van der Waals surface area contributed by atoms with Crippen LogP contribution in [-0.4, -0.2) is 14.9 Å². The zero-order valence-electron chi connectivity index (χ0n) is 17.4. The SMILES string of the molecule is C=COc1cc(CCCCC)c(-c2ccnn2C)c(O)c1[C@@H]1C=C(C)CCC1. The molecular weight excluding hydrogens is 348 g/mol. The predicted molar refractivity (Wildman–Crippen MR) is 115 cm³/mol. The van der Waals surface area contributed by atoms with Crippen LogP contribution in [-0.2, 0) is 13.5 Å². The van der Waals surface area contributed by atoms with Crippen molar-refractivity contribution in [2.24, 2.45) is 7.05 Å². The molecule has 4 nitrogen and oxygen atoms in total. The van der Waals surface area contributed by atoms with E-state index in [4.69, 9.17) is 4.74 Å². The fraction of sp³-hybridized carbons (Fsp3) is 0.458. The van der Waals surface area contributed by atoms with Crippen LogP contribution in [0.4, 0.5) is 0 Å². The molecule has 0 amide bonds. The second-order valence-electron chi connectivity index (χ2n) is 7.76. The van der Waals surface area contributed by atoms with Gasteiger partial charge in [-0.3, -0.25) is 4.68 Å². The van der Waals surface area contributed by atoms with Gasteiger partial charge < -0.3 is 9.84 Å². The van der Waals surface area contributed by atoms with Gasteiger partial charge in [0.2, 0.25) is 0 Å². The molecule has 1 atom stereocenters. The number of unbranched alkanes of at least 4 members (excludes halogenated alkanes) is 2. The predicted octanol–water partition coefficient (Wildman–Crippen LogP) is 6.26. The molecule has 4 heteroatoms. The van der Waals surface area contributed by atoms with Crippen molar-refractivity contribution in [3.63, 3.8) is 0 Å². The molecule has 3 rings (SSSR count). The van der Waals surface area contributed by atoms with Crippen LogP contribution in [0.25, 0.3) is 11.3 Å². The molecule has 1 aliphatic carbocycles. The molecule has 1 aliphatic rings. The van der Waals surface area contributed by atoms with Gasteiger partial charge in [0.05, 0.1) is 12.0 Å². The molecule has 0 fully saturated rings. The molecule has 0 radical (unpaired) electrons. The summed E-state index contributed by atoms with van der Waals surface area (Å²) in [6.07, 6.45) is 13.1. The summed E-state index contributed by atoms with van der Waals surface area (Å²) in [5, 5.41) is 15.8. The summed E-state index contributed by atoms with van der Waals surface area (Å²) in [4.78, 5) is 0. The molecule has 28 heavy (non-hydrogen) atoms. The number of aryl methyl sites for hydroxylation is 2. The number of rotatable bonds is 8. The molecule has 2 aromatic rings. The van der Waals surface area contributed by atoms with E-state index in [1.165, 1.54) is 11.8 Å². The van der Waals surface area contributed by atoms with E-state index in [-0.39, 0.29) is 5.92 Å². The minimum atomic E-state index is 0.153. The zero-order chi connectivity index (χ0) is 20.1. The number of hydrogen-bond acceptors (Lipinski definition) is 3. The van der Waals surface area contributed by atoms with Gasteiger partial charge in [0.1, 0.15) is 11.5 Å². The number of phenols is 1. The topological polar surface area (TPSA) is 47.3 Å². The van der Waals surface area contributed by atoms with Crippen LogP contribution in [0.1, 0.15) is 69.4 Å². The molecule has 150 valence electrons. The van der Waals surface area contributed by atoms with Crippen molar-refractivity contribution in [3.8, 4) is 22.8 Å². The molecule has 0 spiro atoms. The quantitative estimate of drug-likeness (QED) is 0.334. The third-order valence-corrected chi connectivity index (χ3v) is 5.66. The minimum Gasteiger partial charge on any atom is -0.507 e. The van der Waals surface area contributed by atoms with Gasteiger partial charge in [-0.25, -0.2) is 0 Å². The standard InChI is InChI=1S/C24H32N2O2/c1-5-7-8-11-19-16-21(28-6-2)23(18-12-9-10-17(3)15-18)24(27)22(19)20-13-14-25-26(20)4/h6,13-16,18,27H,2,5,7-12H2,1,3-4H3/t18-/m0/s1. The number of nitrogens with zero attached hydrogens (tertiary/aromatic N) is 2. The Labute approximate surface area is 168 Å². The largest absolute Gasteiger partial charge is 0.507 e. The van der Waals surface area contributed by atoms with Crippen molar-refractivity contribution in [1.29, 1.82) is 0 Å². The molecule has 1 aromatic carbocycles. The highest BCUT2D eigenvalue weighted by Crippen LogP contribution is 2.47. The molecule has 0 saturated heterocycles. The minimum absolute atomic E-state index is 0.153. The maximum atomic E-state index is 11.5. The van der Waals surface area contributed by atoms with Gasteiger partial charge in [0.15, 0.2) is 0 Å². The third kappa shape index (κ3) is 4.16. The Morgan fingerprint density at radius 2 is 2.21 bits per heavy atom. The summed E-state index contributed by atoms with van der Waals surface area (Å²) >= 11 is 0. The first-order chi connectivity index (χ1) is 13.6. The Hall–Kier alpha value is -2.49. The van der Waals surface area contributed by atoms with Crippen molar-refractivity contribution in [2.75, 3.05) is 0 Å². The van der Waals surface area contributed by atoms with Crippen LogP contribution in [0.5, 0.6) is 11.5 Å². The summed E-state index contributed by atoms with van der Waals surface area (Å²) < 4.78 is 7.64. The number of allylic oxidation sites excluding steroid dienone is 2. The van der Waals surface area contributed by atoms with Crippen molar-refractivity contribution in [2.45, 2.75) is 64.7 Å². The van der Waals surface area contributed by atoms with Crippen LogP contribution in [0.15, 0.2) is 42.8 Å². The second kappa shape index (κ2) is 9.13. The summed E-state index contributed by atoms with van der Waals surface area (Å²) in [5.74, 6) is 1.20. The van der Waals surface area contributed by atoms with Crippen molar-refractivity contribution >= 4 is 0 Å². The van der Waals surface area contributed by atoms with Crippen molar-refractivity contribution < 1.29 is 9.84 Å². The molecule has 0 unspecified atom stereocenters. The van der Waals surface area contributed by atoms with Crippen molar-refractivity contribution in [3.05, 3.63) is 53.9 Å². The van der Waals surface area contributed by atoms with Crippen molar-refractivity contribution in [1.82, 2.24) is 9.78 Å². The maximum absolute atomic E-state index is 11.5. The van der Waals surface area contributed by atoms with E-state index in [2.05, 4.69) is 37.7 Å². The smallest absolute Gasteiger partial charge is 0.134 e. The normalized spacial score (nSPS) is 16.7. The number of phenolic OH excluding ortho intramolecular Hbond substituents is 1. The van der Waals surface area contributed by atoms with E-state index in [9.17, 15) is 5.11 Å². The average Bonchev–Trinajstić information content (AvgIpc) is 3.08. The first-order valence-electron chi connectivity index (χ1n) is 10.4. The number of aromatic hydroxyl groups is 1. The van der Waals surface area contributed by atoms with E-state index in [1.54, 1.807) is 6.20 Å². The van der Waals surface area contributed by atoms with Gasteiger partial charge in [0.25, 0.3) is 0 Å². The highest BCUT2D eigenvalue weighted by Gasteiger charge is 2.27. The van der Waals surface area contributed by atoms with Crippen LogP contribution < -0.4 is 4.74 Å². The number of hydrogen-bond donors (Lipinski definition) is 1. The fourth-order valence-electron chi connectivity index (χ4n) is 4.26. The number of ether oxygens (including phenoxy) is 1. The first-order valence-corrected chi connectivity index (χ1v) is 10.4. The lowest BCUT2D eigenvalue weighted by Crippen LogP contribution is -2.07. The van der Waals surface area contributed by atoms with E-state index >= 15 is 0 Å². The van der Waals surface area contributed by atoms with E-state index in [0.29, 0.717) is 5.75 Å². The Balaban J connectivity index is 2.19. The highest BCUT2D eigenvalue weighted by atomic mass is 16.5. The Kier molecular flexibility index (Phi) is 6.61. The van der Waals surface area contributed by atoms with Crippen LogP contribution in [0, 0.1) is 0 Å². The van der Waals surface area contributed by atoms with Gasteiger partial charge in [-0.1, -0.05) is 38.0 Å². The van der Waals surface area contributed by atoms with Crippen LogP contribution >= 0.6 is 0 Å². The maximum Gasteiger partial charge on any atom is 0.134 e. The molecule has 0 saturated carbocycles. The summed E-state index contributed by atoms with van der Waals surface area (Å²) in [6.45, 7) is 8.11. The molecule has 0 bridgehead atoms. The number of benzene rings is 1. The van der Waals surface area contributed by atoms with Gasteiger partial charge in [0, 0.05) is 30.3 Å². The lowest BCUT2D eigenvalue weighted by Gasteiger charge is -2.25. The second-order valence-corrected chi connectivity index (χ2v) is 7.76. The third-order valence-electron chi connectivity index (χ3n) is 5.66. The Bertz CT molecular complexity index is 864. The highest BCUT2D eigenvalue weighted by molar-refractivity contribution is 5.76. The van der Waals surface area contributed by atoms with Gasteiger partial charge in [-0.15, -0.1) is 0 Å². The zero-order valence-corrected chi connectivity index (χ0v) is 17.4. The molecule has 0 aliphatic heterocycles. The lowest BCUT2D eigenvalue weighted by molar-refractivity contribution is 0.433. The first kappa shape index (κ1) is 20.2. The van der Waals surface area contributed by atoms with Crippen LogP contribution in [0.3, 0.4) is 0 Å². The summed E-state index contributed by atoms with van der Waals surface area (Å²) in [5.41, 5.74) is 5.17. The average molecular weight is 381 g/mol.